The summed E-state index contributed by atoms with van der Waals surface area (Å²) in [6.45, 7) is 2.94. The number of fused-ring (bicyclic) bond motifs is 1. The summed E-state index contributed by atoms with van der Waals surface area (Å²) < 4.78 is 5.27. The fourth-order valence-corrected chi connectivity index (χ4v) is 5.09. The normalized spacial score (nSPS) is 32.4. The smallest absolute Gasteiger partial charge is 0.317 e. The predicted molar refractivity (Wildman–Crippen MR) is 93.9 cm³/mol. The number of urea groups is 1. The van der Waals surface area contributed by atoms with Crippen LogP contribution >= 0.6 is 0 Å². The first kappa shape index (κ1) is 18.0. The lowest BCUT2D eigenvalue weighted by atomic mass is 9.71. The largest absolute Gasteiger partial charge is 0.389 e. The molecule has 0 radical (unpaired) electrons. The van der Waals surface area contributed by atoms with Gasteiger partial charge in [0.25, 0.3) is 0 Å². The highest BCUT2D eigenvalue weighted by Gasteiger charge is 2.44. The number of ether oxygens (including phenoxy) is 1. The predicted octanol–water partition coefficient (Wildman–Crippen LogP) is 2.92. The Morgan fingerprint density at radius 3 is 2.71 bits per heavy atom. The summed E-state index contributed by atoms with van der Waals surface area (Å²) in [5, 5.41) is 14.0. The van der Waals surface area contributed by atoms with Crippen molar-refractivity contribution in [2.75, 3.05) is 33.4 Å². The molecule has 5 heteroatoms. The number of rotatable bonds is 5. The van der Waals surface area contributed by atoms with E-state index in [2.05, 4.69) is 5.32 Å². The van der Waals surface area contributed by atoms with E-state index in [4.69, 9.17) is 4.74 Å². The van der Waals surface area contributed by atoms with Crippen LogP contribution in [0, 0.1) is 11.3 Å². The van der Waals surface area contributed by atoms with Gasteiger partial charge < -0.3 is 20.1 Å². The molecule has 5 nitrogen and oxygen atoms in total. The molecule has 0 aromatic heterocycles. The van der Waals surface area contributed by atoms with E-state index in [1.54, 1.807) is 7.11 Å². The summed E-state index contributed by atoms with van der Waals surface area (Å²) in [5.74, 6) is 0.264. The van der Waals surface area contributed by atoms with Crippen LogP contribution in [0.5, 0.6) is 0 Å². The van der Waals surface area contributed by atoms with Crippen LogP contribution in [0.4, 0.5) is 4.79 Å². The van der Waals surface area contributed by atoms with E-state index < -0.39 is 5.60 Å². The molecule has 3 rings (SSSR count). The first-order chi connectivity index (χ1) is 11.6. The van der Waals surface area contributed by atoms with E-state index in [-0.39, 0.29) is 17.4 Å². The molecule has 0 bridgehead atoms. The molecule has 2 aliphatic carbocycles. The third-order valence-electron chi connectivity index (χ3n) is 6.83. The van der Waals surface area contributed by atoms with Crippen molar-refractivity contribution in [2.24, 2.45) is 11.3 Å². The third kappa shape index (κ3) is 3.88. The molecule has 2 amide bonds. The molecule has 1 saturated heterocycles. The zero-order chi connectivity index (χ0) is 17.0. The Morgan fingerprint density at radius 2 is 1.96 bits per heavy atom. The molecular formula is C19H34N2O3. The number of nitrogens with one attached hydrogen (secondary N) is 1. The van der Waals surface area contributed by atoms with E-state index in [1.807, 2.05) is 4.90 Å². The zero-order valence-corrected chi connectivity index (χ0v) is 15.2. The van der Waals surface area contributed by atoms with E-state index in [9.17, 15) is 9.90 Å². The lowest BCUT2D eigenvalue weighted by Crippen LogP contribution is -2.57. The molecule has 138 valence electrons. The van der Waals surface area contributed by atoms with Gasteiger partial charge in [-0.2, -0.15) is 0 Å². The van der Waals surface area contributed by atoms with E-state index in [1.165, 1.54) is 32.1 Å². The lowest BCUT2D eigenvalue weighted by Gasteiger charge is -2.47. The molecule has 1 aliphatic heterocycles. The number of aliphatic hydroxyl groups is 1. The van der Waals surface area contributed by atoms with Crippen molar-refractivity contribution >= 4 is 6.03 Å². The summed E-state index contributed by atoms with van der Waals surface area (Å²) in [6.07, 6.45) is 11.0. The van der Waals surface area contributed by atoms with Crippen molar-refractivity contribution in [2.45, 2.75) is 69.8 Å². The summed E-state index contributed by atoms with van der Waals surface area (Å²) >= 11 is 0. The number of hydrogen-bond donors (Lipinski definition) is 2. The maximum Gasteiger partial charge on any atom is 0.317 e. The number of nitrogens with zero attached hydrogens (tertiary/aromatic N) is 1. The van der Waals surface area contributed by atoms with Gasteiger partial charge in [-0.25, -0.2) is 4.79 Å². The van der Waals surface area contributed by atoms with Gasteiger partial charge in [-0.15, -0.1) is 0 Å². The molecule has 2 atom stereocenters. The van der Waals surface area contributed by atoms with Gasteiger partial charge >= 0.3 is 6.03 Å². The van der Waals surface area contributed by atoms with Gasteiger partial charge in [0.2, 0.25) is 0 Å². The minimum Gasteiger partial charge on any atom is -0.389 e. The summed E-state index contributed by atoms with van der Waals surface area (Å²) in [6, 6.07) is 0.0614. The number of likely N-dealkylation sites (tertiary alicyclic amines) is 1. The van der Waals surface area contributed by atoms with Crippen LogP contribution in [-0.2, 0) is 4.74 Å². The monoisotopic (exact) mass is 338 g/mol. The Morgan fingerprint density at radius 1 is 1.21 bits per heavy atom. The first-order valence-electron chi connectivity index (χ1n) is 9.81. The molecule has 1 heterocycles. The van der Waals surface area contributed by atoms with Gasteiger partial charge in [0.1, 0.15) is 0 Å². The van der Waals surface area contributed by atoms with Gasteiger partial charge in [-0.3, -0.25) is 0 Å². The molecule has 3 fully saturated rings. The van der Waals surface area contributed by atoms with Crippen molar-refractivity contribution in [1.29, 1.82) is 0 Å². The Balaban J connectivity index is 1.51. The number of carbonyl (C=O) groups is 1. The van der Waals surface area contributed by atoms with Crippen LogP contribution in [-0.4, -0.2) is 55.0 Å². The summed E-state index contributed by atoms with van der Waals surface area (Å²) in [5.41, 5.74) is -0.285. The lowest BCUT2D eigenvalue weighted by molar-refractivity contribution is -0.0871. The van der Waals surface area contributed by atoms with Crippen molar-refractivity contribution in [3.05, 3.63) is 0 Å². The van der Waals surface area contributed by atoms with Gasteiger partial charge in [0, 0.05) is 39.3 Å². The van der Waals surface area contributed by atoms with Crippen LogP contribution in [0.15, 0.2) is 0 Å². The number of methoxy groups -OCH3 is 1. The number of carbonyl (C=O) groups excluding carboxylic acids is 1. The highest BCUT2D eigenvalue weighted by Crippen LogP contribution is 2.41. The molecule has 3 aliphatic rings. The standard InChI is InChI=1S/C19H34N2O3/c1-24-13-11-18(7-4-5-8-18)15-20-17(22)21-12-10-19(23)9-3-2-6-16(19)14-21/h16,23H,2-15H2,1H3,(H,20,22)/t16-,19+/m1/s1. The zero-order valence-electron chi connectivity index (χ0n) is 15.2. The fraction of sp³-hybridized carbons (Fsp3) is 0.947. The minimum atomic E-state index is -0.514. The molecule has 2 saturated carbocycles. The average molecular weight is 338 g/mol. The molecule has 0 aromatic rings. The van der Waals surface area contributed by atoms with E-state index in [0.29, 0.717) is 13.1 Å². The maximum atomic E-state index is 12.7. The number of amides is 2. The number of piperidine rings is 1. The molecule has 0 spiro atoms. The highest BCUT2D eigenvalue weighted by molar-refractivity contribution is 5.74. The Hall–Kier alpha value is -0.810. The Bertz CT molecular complexity index is 436. The van der Waals surface area contributed by atoms with Crippen LogP contribution < -0.4 is 5.32 Å². The Kier molecular flexibility index (Phi) is 5.70. The van der Waals surface area contributed by atoms with Crippen molar-refractivity contribution in [3.63, 3.8) is 0 Å². The van der Waals surface area contributed by atoms with Crippen LogP contribution in [0.3, 0.4) is 0 Å². The summed E-state index contributed by atoms with van der Waals surface area (Å²) in [7, 11) is 1.75. The van der Waals surface area contributed by atoms with Gasteiger partial charge in [-0.1, -0.05) is 25.7 Å². The number of hydrogen-bond acceptors (Lipinski definition) is 3. The topological polar surface area (TPSA) is 61.8 Å². The molecular weight excluding hydrogens is 304 g/mol. The first-order valence-corrected chi connectivity index (χ1v) is 9.81. The van der Waals surface area contributed by atoms with Gasteiger partial charge in [-0.05, 0) is 43.9 Å². The van der Waals surface area contributed by atoms with Crippen molar-refractivity contribution in [1.82, 2.24) is 10.2 Å². The van der Waals surface area contributed by atoms with Crippen LogP contribution in [0.1, 0.15) is 64.2 Å². The second-order valence-corrected chi connectivity index (χ2v) is 8.35. The average Bonchev–Trinajstić information content (AvgIpc) is 3.06. The van der Waals surface area contributed by atoms with Crippen LogP contribution in [0.25, 0.3) is 0 Å². The van der Waals surface area contributed by atoms with Crippen molar-refractivity contribution < 1.29 is 14.6 Å². The van der Waals surface area contributed by atoms with E-state index in [0.717, 1.165) is 45.3 Å². The van der Waals surface area contributed by atoms with Crippen molar-refractivity contribution in [3.8, 4) is 0 Å². The second kappa shape index (κ2) is 7.61. The van der Waals surface area contributed by atoms with Gasteiger partial charge in [0.05, 0.1) is 5.60 Å². The second-order valence-electron chi connectivity index (χ2n) is 8.35. The molecule has 2 N–H and O–H groups in total. The summed E-state index contributed by atoms with van der Waals surface area (Å²) in [4.78, 5) is 14.6. The van der Waals surface area contributed by atoms with E-state index >= 15 is 0 Å². The van der Waals surface area contributed by atoms with Crippen LogP contribution in [0.2, 0.25) is 0 Å². The molecule has 24 heavy (non-hydrogen) atoms. The Labute approximate surface area is 146 Å². The molecule has 0 unspecified atom stereocenters. The SMILES string of the molecule is COCCC1(CNC(=O)N2CC[C@@]3(O)CCCC[C@@H]3C2)CCCC1. The van der Waals surface area contributed by atoms with Gasteiger partial charge in [0.15, 0.2) is 0 Å². The highest BCUT2D eigenvalue weighted by atomic mass is 16.5. The third-order valence-corrected chi connectivity index (χ3v) is 6.83. The quantitative estimate of drug-likeness (QED) is 0.810. The fourth-order valence-electron chi connectivity index (χ4n) is 5.09. The molecule has 0 aromatic carbocycles. The maximum absolute atomic E-state index is 12.7. The minimum absolute atomic E-state index is 0.0614.